The van der Waals surface area contributed by atoms with Gasteiger partial charge in [0.25, 0.3) is 5.91 Å². The second kappa shape index (κ2) is 7.60. The third-order valence-corrected chi connectivity index (χ3v) is 4.72. The van der Waals surface area contributed by atoms with E-state index in [0.717, 1.165) is 19.5 Å². The summed E-state index contributed by atoms with van der Waals surface area (Å²) >= 11 is 0. The van der Waals surface area contributed by atoms with Crippen molar-refractivity contribution in [2.45, 2.75) is 32.0 Å². The van der Waals surface area contributed by atoms with Gasteiger partial charge in [-0.15, -0.1) is 0 Å². The van der Waals surface area contributed by atoms with Gasteiger partial charge in [0.15, 0.2) is 6.10 Å². The smallest absolute Gasteiger partial charge is 0.253 e. The summed E-state index contributed by atoms with van der Waals surface area (Å²) in [5.74, 6) is -0.342. The lowest BCUT2D eigenvalue weighted by atomic mass is 9.99. The van der Waals surface area contributed by atoms with Crippen molar-refractivity contribution >= 4 is 5.91 Å². The van der Waals surface area contributed by atoms with Crippen LogP contribution >= 0.6 is 0 Å². The fraction of sp³-hybridized carbons (Fsp3) is 0.350. The van der Waals surface area contributed by atoms with Crippen LogP contribution in [0, 0.1) is 0 Å². The largest absolute Gasteiger partial charge is 0.378 e. The Morgan fingerprint density at radius 1 is 1.12 bits per heavy atom. The number of nitrogens with zero attached hydrogens (tertiary/aromatic N) is 1. The molecule has 4 heteroatoms. The average molecular weight is 324 g/mol. The third kappa shape index (κ3) is 3.83. The molecule has 1 heterocycles. The molecule has 126 valence electrons. The number of fused-ring (bicyclic) bond motifs is 1. The zero-order valence-corrected chi connectivity index (χ0v) is 14.0. The van der Waals surface area contributed by atoms with Crippen molar-refractivity contribution in [1.29, 1.82) is 0 Å². The molecule has 0 aliphatic carbocycles. The molecule has 1 aliphatic heterocycles. The molecule has 24 heavy (non-hydrogen) atoms. The van der Waals surface area contributed by atoms with E-state index in [-0.39, 0.29) is 11.9 Å². The number of hydrogen-bond acceptors (Lipinski definition) is 3. The van der Waals surface area contributed by atoms with E-state index < -0.39 is 6.10 Å². The molecule has 4 nitrogen and oxygen atoms in total. The van der Waals surface area contributed by atoms with Crippen molar-refractivity contribution in [2.75, 3.05) is 13.1 Å². The highest BCUT2D eigenvalue weighted by Gasteiger charge is 2.22. The molecular formula is C20H24N2O2. The average Bonchev–Trinajstić information content (AvgIpc) is 2.65. The lowest BCUT2D eigenvalue weighted by Crippen LogP contribution is -2.45. The number of benzene rings is 2. The number of carbonyl (C=O) groups excluding carboxylic acids is 1. The Bertz CT molecular complexity index is 687. The molecule has 1 amide bonds. The molecule has 0 spiro atoms. The van der Waals surface area contributed by atoms with E-state index in [1.807, 2.05) is 18.2 Å². The lowest BCUT2D eigenvalue weighted by molar-refractivity contribution is -0.129. The summed E-state index contributed by atoms with van der Waals surface area (Å²) in [4.78, 5) is 14.5. The van der Waals surface area contributed by atoms with Gasteiger partial charge < -0.3 is 10.4 Å². The highest BCUT2D eigenvalue weighted by Crippen LogP contribution is 2.20. The predicted octanol–water partition coefficient (Wildman–Crippen LogP) is 2.28. The van der Waals surface area contributed by atoms with Crippen molar-refractivity contribution < 1.29 is 9.90 Å². The maximum atomic E-state index is 12.1. The van der Waals surface area contributed by atoms with Crippen LogP contribution < -0.4 is 5.32 Å². The minimum absolute atomic E-state index is 0.227. The highest BCUT2D eigenvalue weighted by molar-refractivity contribution is 5.81. The SMILES string of the molecule is CC(CNC(=O)C(O)c1ccccc1)N1CCc2ccccc2C1. The number of rotatable bonds is 5. The molecule has 3 rings (SSSR count). The molecule has 0 fully saturated rings. The summed E-state index contributed by atoms with van der Waals surface area (Å²) in [6, 6.07) is 17.8. The van der Waals surface area contributed by atoms with Gasteiger partial charge in [-0.3, -0.25) is 9.69 Å². The van der Waals surface area contributed by atoms with Crippen LogP contribution in [-0.2, 0) is 17.8 Å². The first-order valence-corrected chi connectivity index (χ1v) is 8.46. The first kappa shape index (κ1) is 16.7. The van der Waals surface area contributed by atoms with Gasteiger partial charge in [0.1, 0.15) is 0 Å². The van der Waals surface area contributed by atoms with Gasteiger partial charge in [0, 0.05) is 25.7 Å². The molecule has 0 aromatic heterocycles. The quantitative estimate of drug-likeness (QED) is 0.887. The van der Waals surface area contributed by atoms with Crippen LogP contribution in [-0.4, -0.2) is 35.0 Å². The van der Waals surface area contributed by atoms with Crippen LogP contribution in [0.5, 0.6) is 0 Å². The standard InChI is InChI=1S/C20H24N2O2/c1-15(22-12-11-16-7-5-6-10-18(16)14-22)13-21-20(24)19(23)17-8-3-2-4-9-17/h2-10,15,19,23H,11-14H2,1H3,(H,21,24). The Kier molecular flexibility index (Phi) is 5.28. The van der Waals surface area contributed by atoms with Crippen molar-refractivity contribution in [1.82, 2.24) is 10.2 Å². The first-order chi connectivity index (χ1) is 11.6. The molecule has 2 unspecified atom stereocenters. The molecule has 0 radical (unpaired) electrons. The molecule has 1 aliphatic rings. The Morgan fingerprint density at radius 3 is 2.54 bits per heavy atom. The van der Waals surface area contributed by atoms with Crippen LogP contribution in [0.1, 0.15) is 29.7 Å². The molecule has 0 saturated heterocycles. The third-order valence-electron chi connectivity index (χ3n) is 4.72. The molecule has 0 bridgehead atoms. The van der Waals surface area contributed by atoms with Gasteiger partial charge in [-0.2, -0.15) is 0 Å². The second-order valence-electron chi connectivity index (χ2n) is 6.40. The van der Waals surface area contributed by atoms with E-state index in [9.17, 15) is 9.90 Å². The normalized spacial score (nSPS) is 16.9. The van der Waals surface area contributed by atoms with Gasteiger partial charge in [-0.25, -0.2) is 0 Å². The monoisotopic (exact) mass is 324 g/mol. The maximum Gasteiger partial charge on any atom is 0.253 e. The van der Waals surface area contributed by atoms with E-state index in [1.54, 1.807) is 12.1 Å². The molecule has 2 aromatic carbocycles. The van der Waals surface area contributed by atoms with Crippen molar-refractivity contribution in [3.05, 3.63) is 71.3 Å². The number of nitrogens with one attached hydrogen (secondary N) is 1. The number of carbonyl (C=O) groups is 1. The van der Waals surface area contributed by atoms with Gasteiger partial charge in [-0.1, -0.05) is 54.6 Å². The number of aliphatic hydroxyl groups is 1. The van der Waals surface area contributed by atoms with Crippen molar-refractivity contribution in [2.24, 2.45) is 0 Å². The molecule has 0 saturated carbocycles. The van der Waals surface area contributed by atoms with Gasteiger partial charge in [0.2, 0.25) is 0 Å². The Labute approximate surface area is 143 Å². The predicted molar refractivity (Wildman–Crippen MR) is 94.4 cm³/mol. The van der Waals surface area contributed by atoms with Crippen molar-refractivity contribution in [3.8, 4) is 0 Å². The summed E-state index contributed by atoms with van der Waals surface area (Å²) in [5, 5.41) is 13.0. The highest BCUT2D eigenvalue weighted by atomic mass is 16.3. The van der Waals surface area contributed by atoms with Gasteiger partial charge >= 0.3 is 0 Å². The lowest BCUT2D eigenvalue weighted by Gasteiger charge is -2.34. The Hall–Kier alpha value is -2.17. The van der Waals surface area contributed by atoms with Crippen LogP contribution in [0.25, 0.3) is 0 Å². The van der Waals surface area contributed by atoms with E-state index in [4.69, 9.17) is 0 Å². The van der Waals surface area contributed by atoms with E-state index in [1.165, 1.54) is 11.1 Å². The number of hydrogen-bond donors (Lipinski definition) is 2. The van der Waals surface area contributed by atoms with Crippen molar-refractivity contribution in [3.63, 3.8) is 0 Å². The molecule has 2 atom stereocenters. The van der Waals surface area contributed by atoms with Crippen LogP contribution in [0.4, 0.5) is 0 Å². The molecule has 2 N–H and O–H groups in total. The minimum atomic E-state index is -1.11. The first-order valence-electron chi connectivity index (χ1n) is 8.46. The number of aliphatic hydroxyl groups excluding tert-OH is 1. The summed E-state index contributed by atoms with van der Waals surface area (Å²) in [6.07, 6.45) is -0.0679. The van der Waals surface area contributed by atoms with Gasteiger partial charge in [0.05, 0.1) is 0 Å². The summed E-state index contributed by atoms with van der Waals surface area (Å²) < 4.78 is 0. The maximum absolute atomic E-state index is 12.1. The van der Waals surface area contributed by atoms with E-state index in [2.05, 4.69) is 41.4 Å². The molecule has 2 aromatic rings. The van der Waals surface area contributed by atoms with Crippen LogP contribution in [0.3, 0.4) is 0 Å². The van der Waals surface area contributed by atoms with Crippen LogP contribution in [0.2, 0.25) is 0 Å². The number of amides is 1. The van der Waals surface area contributed by atoms with Gasteiger partial charge in [-0.05, 0) is 30.0 Å². The molecular weight excluding hydrogens is 300 g/mol. The minimum Gasteiger partial charge on any atom is -0.378 e. The summed E-state index contributed by atoms with van der Waals surface area (Å²) in [6.45, 7) is 4.55. The summed E-state index contributed by atoms with van der Waals surface area (Å²) in [7, 11) is 0. The fourth-order valence-electron chi connectivity index (χ4n) is 3.15. The Morgan fingerprint density at radius 2 is 1.79 bits per heavy atom. The Balaban J connectivity index is 1.52. The van der Waals surface area contributed by atoms with E-state index >= 15 is 0 Å². The zero-order chi connectivity index (χ0) is 16.9. The summed E-state index contributed by atoms with van der Waals surface area (Å²) in [5.41, 5.74) is 3.41. The van der Waals surface area contributed by atoms with Crippen LogP contribution in [0.15, 0.2) is 54.6 Å². The fourth-order valence-corrected chi connectivity index (χ4v) is 3.15. The second-order valence-corrected chi connectivity index (χ2v) is 6.40. The zero-order valence-electron chi connectivity index (χ0n) is 14.0. The van der Waals surface area contributed by atoms with E-state index in [0.29, 0.717) is 12.1 Å². The topological polar surface area (TPSA) is 52.6 Å².